The van der Waals surface area contributed by atoms with Crippen molar-refractivity contribution >= 4 is 51.5 Å². The van der Waals surface area contributed by atoms with E-state index >= 15 is 0 Å². The molecule has 0 amide bonds. The summed E-state index contributed by atoms with van der Waals surface area (Å²) in [7, 11) is 1.35. The van der Waals surface area contributed by atoms with E-state index in [-0.39, 0.29) is 6.10 Å². The highest BCUT2D eigenvalue weighted by Gasteiger charge is 2.25. The Morgan fingerprint density at radius 1 is 1.16 bits per heavy atom. The third-order valence-corrected chi connectivity index (χ3v) is 8.55. The van der Waals surface area contributed by atoms with Gasteiger partial charge in [-0.05, 0) is 50.6 Å². The number of nitrogens with zero attached hydrogens (tertiary/aromatic N) is 3. The smallest absolute Gasteiger partial charge is 0.351 e. The number of benzene rings is 2. The molecule has 1 unspecified atom stereocenters. The molecule has 0 saturated carbocycles. The van der Waals surface area contributed by atoms with Gasteiger partial charge in [-0.1, -0.05) is 42.3 Å². The van der Waals surface area contributed by atoms with Crippen molar-refractivity contribution < 1.29 is 19.0 Å². The van der Waals surface area contributed by atoms with Crippen LogP contribution in [-0.4, -0.2) is 53.3 Å². The molecule has 0 aliphatic carbocycles. The monoisotopic (exact) mass is 573 g/mol. The van der Waals surface area contributed by atoms with E-state index in [2.05, 4.69) is 16.8 Å². The van der Waals surface area contributed by atoms with E-state index in [0.29, 0.717) is 26.4 Å². The van der Waals surface area contributed by atoms with E-state index in [4.69, 9.17) is 37.4 Å². The van der Waals surface area contributed by atoms with E-state index in [9.17, 15) is 4.79 Å². The molecule has 5 rings (SSSR count). The Labute approximate surface area is 235 Å². The topological polar surface area (TPSA) is 65.8 Å². The Kier molecular flexibility index (Phi) is 8.14. The molecule has 0 spiro atoms. The first-order chi connectivity index (χ1) is 18.4. The lowest BCUT2D eigenvalue weighted by molar-refractivity contribution is 0.0600. The first kappa shape index (κ1) is 26.8. The van der Waals surface area contributed by atoms with E-state index < -0.39 is 12.1 Å². The molecule has 1 saturated heterocycles. The summed E-state index contributed by atoms with van der Waals surface area (Å²) in [5.41, 5.74) is 2.40. The van der Waals surface area contributed by atoms with Crippen molar-refractivity contribution in [1.29, 1.82) is 0 Å². The van der Waals surface area contributed by atoms with Gasteiger partial charge in [0, 0.05) is 29.7 Å². The fraction of sp³-hybridized carbons (Fsp3) is 0.357. The number of imidazole rings is 1. The normalized spacial score (nSPS) is 15.5. The molecule has 3 heterocycles. The molecule has 2 aromatic carbocycles. The molecular formula is C28H29Cl2N3O4S. The van der Waals surface area contributed by atoms with Crippen LogP contribution in [-0.2, 0) is 4.74 Å². The number of rotatable bonds is 8. The average molecular weight is 575 g/mol. The van der Waals surface area contributed by atoms with E-state index in [0.717, 1.165) is 54.1 Å². The number of esters is 1. The first-order valence-corrected chi connectivity index (χ1v) is 14.1. The average Bonchev–Trinajstić information content (AvgIpc) is 3.53. The first-order valence-electron chi connectivity index (χ1n) is 12.6. The Hall–Kier alpha value is -2.78. The van der Waals surface area contributed by atoms with E-state index in [1.165, 1.54) is 18.4 Å². The number of hydrogen-bond donors (Lipinski definition) is 0. The summed E-state index contributed by atoms with van der Waals surface area (Å²) < 4.78 is 19.6. The van der Waals surface area contributed by atoms with Gasteiger partial charge in [-0.15, -0.1) is 11.3 Å². The lowest BCUT2D eigenvalue weighted by atomic mass is 10.1. The van der Waals surface area contributed by atoms with Crippen LogP contribution in [0.1, 0.15) is 48.0 Å². The molecule has 200 valence electrons. The van der Waals surface area contributed by atoms with Gasteiger partial charge in [0.15, 0.2) is 4.88 Å². The van der Waals surface area contributed by atoms with E-state index in [1.807, 2.05) is 41.8 Å². The fourth-order valence-electron chi connectivity index (χ4n) is 4.67. The number of carbonyl (C=O) groups excluding carboxylic acids is 1. The molecule has 38 heavy (non-hydrogen) atoms. The van der Waals surface area contributed by atoms with Gasteiger partial charge in [0.2, 0.25) is 0 Å². The van der Waals surface area contributed by atoms with Crippen molar-refractivity contribution in [3.8, 4) is 16.5 Å². The quantitative estimate of drug-likeness (QED) is 0.208. The lowest BCUT2D eigenvalue weighted by Gasteiger charge is -2.31. The van der Waals surface area contributed by atoms with Gasteiger partial charge < -0.3 is 19.1 Å². The van der Waals surface area contributed by atoms with Crippen LogP contribution in [0.3, 0.4) is 0 Å². The highest BCUT2D eigenvalue weighted by atomic mass is 35.5. The Morgan fingerprint density at radius 2 is 1.95 bits per heavy atom. The Balaban J connectivity index is 1.39. The number of carbonyl (C=O) groups is 1. The number of fused-ring (bicyclic) bond motifs is 1. The number of piperidine rings is 1. The van der Waals surface area contributed by atoms with Crippen molar-refractivity contribution in [2.75, 3.05) is 26.7 Å². The van der Waals surface area contributed by atoms with Gasteiger partial charge in [0.25, 0.3) is 0 Å². The van der Waals surface area contributed by atoms with Crippen molar-refractivity contribution in [3.05, 3.63) is 69.3 Å². The standard InChI is InChI=1S/C28H29Cl2N3O4S/c1-4-32-12-10-19(11-13-32)37-23-7-5-6-20(26(23)30)17(2)36-24-15-25(38-27(24)28(34)35-3)33-16-31-21-14-18(29)8-9-22(21)33/h5-9,14-17,19H,4,10-13H2,1-3H3. The predicted molar refractivity (Wildman–Crippen MR) is 152 cm³/mol. The minimum absolute atomic E-state index is 0.131. The molecule has 4 aromatic rings. The van der Waals surface area contributed by atoms with Gasteiger partial charge in [-0.2, -0.15) is 0 Å². The zero-order valence-electron chi connectivity index (χ0n) is 21.4. The van der Waals surface area contributed by atoms with Crippen molar-refractivity contribution in [2.24, 2.45) is 0 Å². The third kappa shape index (κ3) is 5.50. The van der Waals surface area contributed by atoms with Crippen LogP contribution in [0.2, 0.25) is 10.0 Å². The van der Waals surface area contributed by atoms with Gasteiger partial charge in [-0.3, -0.25) is 4.57 Å². The largest absolute Gasteiger partial charge is 0.489 e. The molecule has 0 radical (unpaired) electrons. The number of likely N-dealkylation sites (tertiary alicyclic amines) is 1. The lowest BCUT2D eigenvalue weighted by Crippen LogP contribution is -2.38. The van der Waals surface area contributed by atoms with Crippen LogP contribution >= 0.6 is 34.5 Å². The second kappa shape index (κ2) is 11.5. The summed E-state index contributed by atoms with van der Waals surface area (Å²) in [5.74, 6) is 0.587. The number of ether oxygens (including phenoxy) is 3. The Bertz CT molecular complexity index is 1450. The molecule has 2 aromatic heterocycles. The minimum atomic E-state index is -0.475. The van der Waals surface area contributed by atoms with Crippen LogP contribution in [0.25, 0.3) is 16.0 Å². The SMILES string of the molecule is CCN1CCC(Oc2cccc(C(C)Oc3cc(-n4cnc5cc(Cl)ccc54)sc3C(=O)OC)c2Cl)CC1. The van der Waals surface area contributed by atoms with E-state index in [1.54, 1.807) is 18.5 Å². The maximum Gasteiger partial charge on any atom is 0.351 e. The van der Waals surface area contributed by atoms with Gasteiger partial charge >= 0.3 is 5.97 Å². The summed E-state index contributed by atoms with van der Waals surface area (Å²) in [6.07, 6.45) is 3.32. The van der Waals surface area contributed by atoms with Crippen molar-refractivity contribution in [1.82, 2.24) is 14.5 Å². The molecule has 0 N–H and O–H groups in total. The fourth-order valence-corrected chi connectivity index (χ4v) is 6.16. The Morgan fingerprint density at radius 3 is 2.68 bits per heavy atom. The van der Waals surface area contributed by atoms with Crippen LogP contribution in [0, 0.1) is 0 Å². The zero-order valence-corrected chi connectivity index (χ0v) is 23.8. The minimum Gasteiger partial charge on any atom is -0.489 e. The van der Waals surface area contributed by atoms with Crippen molar-refractivity contribution in [3.63, 3.8) is 0 Å². The molecule has 1 aliphatic heterocycles. The summed E-state index contributed by atoms with van der Waals surface area (Å²) in [4.78, 5) is 19.9. The molecular weight excluding hydrogens is 545 g/mol. The maximum absolute atomic E-state index is 12.6. The molecule has 1 aliphatic rings. The molecule has 0 bridgehead atoms. The summed E-state index contributed by atoms with van der Waals surface area (Å²) in [5, 5.41) is 1.89. The summed E-state index contributed by atoms with van der Waals surface area (Å²) >= 11 is 14.2. The van der Waals surface area contributed by atoms with Gasteiger partial charge in [0.1, 0.15) is 35.0 Å². The van der Waals surface area contributed by atoms with Crippen LogP contribution < -0.4 is 9.47 Å². The molecule has 1 fully saturated rings. The molecule has 7 nitrogen and oxygen atoms in total. The molecule has 1 atom stereocenters. The number of aromatic nitrogens is 2. The highest BCUT2D eigenvalue weighted by Crippen LogP contribution is 2.39. The van der Waals surface area contributed by atoms with Crippen LogP contribution in [0.15, 0.2) is 48.8 Å². The molecule has 10 heteroatoms. The second-order valence-corrected chi connectivity index (χ2v) is 11.0. The highest BCUT2D eigenvalue weighted by molar-refractivity contribution is 7.16. The van der Waals surface area contributed by atoms with Crippen LogP contribution in [0.5, 0.6) is 11.5 Å². The van der Waals surface area contributed by atoms with Crippen LogP contribution in [0.4, 0.5) is 0 Å². The number of thiophene rings is 1. The zero-order chi connectivity index (χ0) is 26.8. The number of halogens is 2. The maximum atomic E-state index is 12.6. The summed E-state index contributed by atoms with van der Waals surface area (Å²) in [6.45, 7) is 7.18. The second-order valence-electron chi connectivity index (χ2n) is 9.19. The number of methoxy groups -OCH3 is 1. The van der Waals surface area contributed by atoms with Crippen molar-refractivity contribution in [2.45, 2.75) is 38.9 Å². The third-order valence-electron chi connectivity index (χ3n) is 6.81. The van der Waals surface area contributed by atoms with Gasteiger partial charge in [0.05, 0.1) is 23.2 Å². The predicted octanol–water partition coefficient (Wildman–Crippen LogP) is 7.18. The summed E-state index contributed by atoms with van der Waals surface area (Å²) in [6, 6.07) is 13.0. The van der Waals surface area contributed by atoms with Gasteiger partial charge in [-0.25, -0.2) is 9.78 Å². The number of hydrogen-bond acceptors (Lipinski definition) is 7.